The summed E-state index contributed by atoms with van der Waals surface area (Å²) in [5.74, 6) is 0. The summed E-state index contributed by atoms with van der Waals surface area (Å²) in [6, 6.07) is 5.91. The van der Waals surface area contributed by atoms with E-state index in [1.54, 1.807) is 32.0 Å². The second-order valence-corrected chi connectivity index (χ2v) is 7.06. The van der Waals surface area contributed by atoms with Crippen LogP contribution in [0, 0.1) is 0 Å². The van der Waals surface area contributed by atoms with Crippen molar-refractivity contribution in [1.82, 2.24) is 0 Å². The first kappa shape index (κ1) is 19.0. The Labute approximate surface area is 128 Å². The van der Waals surface area contributed by atoms with E-state index < -0.39 is 25.5 Å². The third-order valence-corrected chi connectivity index (χ3v) is 5.58. The molecule has 0 aliphatic carbocycles. The molecule has 0 saturated carbocycles. The highest BCUT2D eigenvalue weighted by molar-refractivity contribution is 7.54. The van der Waals surface area contributed by atoms with E-state index in [2.05, 4.69) is 5.32 Å². The minimum absolute atomic E-state index is 0.0114. The summed E-state index contributed by atoms with van der Waals surface area (Å²) in [6.45, 7) is 4.37. The smallest absolute Gasteiger partial charge is 0.373 e. The van der Waals surface area contributed by atoms with Gasteiger partial charge >= 0.3 is 13.8 Å². The molecule has 0 saturated heterocycles. The molecular formula is C14H21F3NO3P. The van der Waals surface area contributed by atoms with Crippen LogP contribution in [-0.4, -0.2) is 31.1 Å². The van der Waals surface area contributed by atoms with Gasteiger partial charge in [0.2, 0.25) is 0 Å². The van der Waals surface area contributed by atoms with E-state index in [1.165, 1.54) is 19.1 Å². The number of alkyl halides is 3. The number of para-hydroxylation sites is 1. The first-order chi connectivity index (χ1) is 10.2. The number of hydrogen-bond acceptors (Lipinski definition) is 4. The summed E-state index contributed by atoms with van der Waals surface area (Å²) in [4.78, 5) is 0. The highest BCUT2D eigenvalue weighted by atomic mass is 31.2. The molecule has 1 aromatic rings. The Morgan fingerprint density at radius 3 is 2.05 bits per heavy atom. The monoisotopic (exact) mass is 339 g/mol. The van der Waals surface area contributed by atoms with Crippen LogP contribution >= 0.6 is 7.60 Å². The molecule has 2 atom stereocenters. The minimum atomic E-state index is -4.60. The standard InChI is InChI=1S/C14H21F3NO3P/c1-4-20-22(19,21-5-2)11(3)13(14(15,16)17)18-12-9-7-6-8-10-12/h6-11,13,18H,4-5H2,1-3H3. The normalized spacial score (nSPS) is 15.4. The molecule has 2 unspecified atom stereocenters. The summed E-state index contributed by atoms with van der Waals surface area (Å²) >= 11 is 0. The number of rotatable bonds is 8. The molecule has 0 amide bonds. The Kier molecular flexibility index (Phi) is 6.91. The molecule has 0 aliphatic rings. The van der Waals surface area contributed by atoms with Gasteiger partial charge in [-0.1, -0.05) is 18.2 Å². The molecule has 0 bridgehead atoms. The van der Waals surface area contributed by atoms with E-state index in [0.717, 1.165) is 0 Å². The van der Waals surface area contributed by atoms with E-state index in [1.807, 2.05) is 0 Å². The molecule has 0 heterocycles. The van der Waals surface area contributed by atoms with Gasteiger partial charge < -0.3 is 14.4 Å². The van der Waals surface area contributed by atoms with Crippen LogP contribution in [0.15, 0.2) is 30.3 Å². The van der Waals surface area contributed by atoms with Crippen LogP contribution in [0.1, 0.15) is 20.8 Å². The number of nitrogens with one attached hydrogen (secondary N) is 1. The van der Waals surface area contributed by atoms with Crippen LogP contribution in [0.3, 0.4) is 0 Å². The molecule has 0 aromatic heterocycles. The molecule has 1 N–H and O–H groups in total. The van der Waals surface area contributed by atoms with E-state index >= 15 is 0 Å². The first-order valence-corrected chi connectivity index (χ1v) is 8.62. The molecule has 1 rings (SSSR count). The fourth-order valence-electron chi connectivity index (χ4n) is 2.00. The van der Waals surface area contributed by atoms with E-state index in [0.29, 0.717) is 0 Å². The SMILES string of the molecule is CCOP(=O)(OCC)C(C)C(Nc1ccccc1)C(F)(F)F. The summed E-state index contributed by atoms with van der Waals surface area (Å²) < 4.78 is 62.8. The van der Waals surface area contributed by atoms with Gasteiger partial charge in [-0.15, -0.1) is 0 Å². The van der Waals surface area contributed by atoms with Crippen LogP contribution in [0.25, 0.3) is 0 Å². The molecule has 126 valence electrons. The van der Waals surface area contributed by atoms with E-state index in [9.17, 15) is 17.7 Å². The molecule has 1 aromatic carbocycles. The number of anilines is 1. The third-order valence-electron chi connectivity index (χ3n) is 3.05. The average Bonchev–Trinajstić information content (AvgIpc) is 2.44. The van der Waals surface area contributed by atoms with Gasteiger partial charge in [0, 0.05) is 5.69 Å². The van der Waals surface area contributed by atoms with Crippen LogP contribution in [0.2, 0.25) is 0 Å². The zero-order valence-corrected chi connectivity index (χ0v) is 13.7. The average molecular weight is 339 g/mol. The van der Waals surface area contributed by atoms with Crippen molar-refractivity contribution in [2.75, 3.05) is 18.5 Å². The Bertz CT molecular complexity index is 486. The molecule has 0 spiro atoms. The predicted molar refractivity (Wildman–Crippen MR) is 80.2 cm³/mol. The van der Waals surface area contributed by atoms with Crippen molar-refractivity contribution < 1.29 is 26.8 Å². The van der Waals surface area contributed by atoms with Crippen LogP contribution in [-0.2, 0) is 13.6 Å². The number of halogens is 3. The molecule has 4 nitrogen and oxygen atoms in total. The second kappa shape index (κ2) is 7.99. The maximum absolute atomic E-state index is 13.4. The van der Waals surface area contributed by atoms with E-state index in [-0.39, 0.29) is 18.9 Å². The highest BCUT2D eigenvalue weighted by Gasteiger charge is 2.51. The summed E-state index contributed by atoms with van der Waals surface area (Å²) in [5.41, 5.74) is -1.09. The first-order valence-electron chi connectivity index (χ1n) is 7.01. The van der Waals surface area contributed by atoms with Crippen molar-refractivity contribution in [2.24, 2.45) is 0 Å². The zero-order chi connectivity index (χ0) is 16.8. The molecule has 0 radical (unpaired) electrons. The summed E-state index contributed by atoms with van der Waals surface area (Å²) in [5, 5.41) is 2.38. The maximum atomic E-state index is 13.4. The minimum Gasteiger partial charge on any atom is -0.373 e. The van der Waals surface area contributed by atoms with Crippen molar-refractivity contribution >= 4 is 13.3 Å². The topological polar surface area (TPSA) is 47.6 Å². The second-order valence-electron chi connectivity index (χ2n) is 4.65. The van der Waals surface area contributed by atoms with Gasteiger partial charge in [0.1, 0.15) is 6.04 Å². The third kappa shape index (κ3) is 5.00. The van der Waals surface area contributed by atoms with Gasteiger partial charge in [0.05, 0.1) is 18.9 Å². The van der Waals surface area contributed by atoms with E-state index in [4.69, 9.17) is 9.05 Å². The lowest BCUT2D eigenvalue weighted by atomic mass is 10.2. The van der Waals surface area contributed by atoms with Crippen molar-refractivity contribution in [3.8, 4) is 0 Å². The highest BCUT2D eigenvalue weighted by Crippen LogP contribution is 2.56. The Hall–Kier alpha value is -1.04. The summed E-state index contributed by atoms with van der Waals surface area (Å²) in [7, 11) is -3.88. The zero-order valence-electron chi connectivity index (χ0n) is 12.8. The largest absolute Gasteiger partial charge is 0.409 e. The van der Waals surface area contributed by atoms with Crippen molar-refractivity contribution in [2.45, 2.75) is 38.6 Å². The van der Waals surface area contributed by atoms with Gasteiger partial charge in [-0.05, 0) is 32.9 Å². The summed E-state index contributed by atoms with van der Waals surface area (Å²) in [6.07, 6.45) is -4.60. The van der Waals surface area contributed by atoms with Crippen LogP contribution < -0.4 is 5.32 Å². The van der Waals surface area contributed by atoms with Crippen LogP contribution in [0.4, 0.5) is 18.9 Å². The predicted octanol–water partition coefficient (Wildman–Crippen LogP) is 4.68. The van der Waals surface area contributed by atoms with Crippen molar-refractivity contribution in [1.29, 1.82) is 0 Å². The molecule has 0 fully saturated rings. The molecule has 0 aliphatic heterocycles. The van der Waals surface area contributed by atoms with Crippen LogP contribution in [0.5, 0.6) is 0 Å². The lowest BCUT2D eigenvalue weighted by molar-refractivity contribution is -0.143. The van der Waals surface area contributed by atoms with Gasteiger partial charge in [0.25, 0.3) is 0 Å². The molecule has 8 heteroatoms. The van der Waals surface area contributed by atoms with Gasteiger partial charge in [-0.2, -0.15) is 13.2 Å². The Morgan fingerprint density at radius 1 is 1.14 bits per heavy atom. The lowest BCUT2D eigenvalue weighted by Gasteiger charge is -2.32. The van der Waals surface area contributed by atoms with Crippen molar-refractivity contribution in [3.63, 3.8) is 0 Å². The molecular weight excluding hydrogens is 318 g/mol. The number of benzene rings is 1. The lowest BCUT2D eigenvalue weighted by Crippen LogP contribution is -2.45. The maximum Gasteiger partial charge on any atom is 0.409 e. The quantitative estimate of drug-likeness (QED) is 0.699. The Balaban J connectivity index is 3.07. The fraction of sp³-hybridized carbons (Fsp3) is 0.571. The van der Waals surface area contributed by atoms with Crippen molar-refractivity contribution in [3.05, 3.63) is 30.3 Å². The molecule has 22 heavy (non-hydrogen) atoms. The number of hydrogen-bond donors (Lipinski definition) is 1. The van der Waals surface area contributed by atoms with Gasteiger partial charge in [0.15, 0.2) is 0 Å². The Morgan fingerprint density at radius 2 is 1.64 bits per heavy atom. The fourth-order valence-corrected chi connectivity index (χ4v) is 3.88. The van der Waals surface area contributed by atoms with Gasteiger partial charge in [-0.25, -0.2) is 0 Å². The van der Waals surface area contributed by atoms with Gasteiger partial charge in [-0.3, -0.25) is 4.57 Å².